The molecule has 0 unspecified atom stereocenters. The minimum atomic E-state index is 1.12. The molecule has 0 aliphatic heterocycles. The zero-order valence-corrected chi connectivity index (χ0v) is 14.4. The lowest BCUT2D eigenvalue weighted by Gasteiger charge is -2.08. The summed E-state index contributed by atoms with van der Waals surface area (Å²) in [5, 5.41) is 6.55. The van der Waals surface area contributed by atoms with Gasteiger partial charge in [0, 0.05) is 32.4 Å². The predicted molar refractivity (Wildman–Crippen MR) is 110 cm³/mol. The van der Waals surface area contributed by atoms with Gasteiger partial charge < -0.3 is 9.55 Å². The molecule has 2 aromatic heterocycles. The van der Waals surface area contributed by atoms with Gasteiger partial charge in [0.1, 0.15) is 0 Å². The number of fused-ring (bicyclic) bond motifs is 7. The second kappa shape index (κ2) is 5.12. The summed E-state index contributed by atoms with van der Waals surface area (Å²) in [5.41, 5.74) is 4.96. The highest BCUT2D eigenvalue weighted by molar-refractivity contribution is 6.17. The average molecular weight is 334 g/mol. The van der Waals surface area contributed by atoms with E-state index in [1.807, 2.05) is 0 Å². The molecule has 6 rings (SSSR count). The summed E-state index contributed by atoms with van der Waals surface area (Å²) in [7, 11) is 0. The van der Waals surface area contributed by atoms with Gasteiger partial charge in [0.05, 0.1) is 16.6 Å². The Hall–Kier alpha value is -3.26. The molecule has 0 saturated heterocycles. The average Bonchev–Trinajstić information content (AvgIpc) is 3.24. The summed E-state index contributed by atoms with van der Waals surface area (Å²) in [4.78, 5) is 3.72. The summed E-state index contributed by atoms with van der Waals surface area (Å²) in [6, 6.07) is 23.9. The number of nitrogens with one attached hydrogen (secondary N) is 1. The molecule has 5 aromatic rings. The molecule has 2 nitrogen and oxygen atoms in total. The number of rotatable bonds is 1. The minimum absolute atomic E-state index is 1.12. The van der Waals surface area contributed by atoms with Crippen molar-refractivity contribution in [2.75, 3.05) is 0 Å². The van der Waals surface area contributed by atoms with Crippen LogP contribution >= 0.6 is 0 Å². The van der Waals surface area contributed by atoms with Gasteiger partial charge in [0.25, 0.3) is 0 Å². The van der Waals surface area contributed by atoms with Crippen LogP contribution in [0.2, 0.25) is 0 Å². The number of nitrogens with zero attached hydrogens (tertiary/aromatic N) is 1. The van der Waals surface area contributed by atoms with E-state index in [9.17, 15) is 0 Å². The van der Waals surface area contributed by atoms with Crippen LogP contribution in [0.25, 0.3) is 50.5 Å². The molecule has 0 atom stereocenters. The lowest BCUT2D eigenvalue weighted by molar-refractivity contribution is 1.11. The first-order valence-corrected chi connectivity index (χ1v) is 9.21. The molecule has 124 valence electrons. The molecule has 0 saturated carbocycles. The minimum Gasteiger partial charge on any atom is -0.353 e. The van der Waals surface area contributed by atoms with E-state index in [-0.39, 0.29) is 0 Å². The van der Waals surface area contributed by atoms with Crippen molar-refractivity contribution in [3.63, 3.8) is 0 Å². The normalized spacial score (nSPS) is 13.7. The molecule has 1 N–H and O–H groups in total. The van der Waals surface area contributed by atoms with Crippen LogP contribution < -0.4 is 10.6 Å². The Morgan fingerprint density at radius 2 is 1.46 bits per heavy atom. The second-order valence-electron chi connectivity index (χ2n) is 7.01. The van der Waals surface area contributed by atoms with Gasteiger partial charge in [0.15, 0.2) is 0 Å². The highest BCUT2D eigenvalue weighted by atomic mass is 15.0. The molecule has 3 aromatic carbocycles. The largest absolute Gasteiger partial charge is 0.353 e. The third-order valence-corrected chi connectivity index (χ3v) is 5.55. The topological polar surface area (TPSA) is 20.7 Å². The van der Waals surface area contributed by atoms with Crippen LogP contribution in [0.3, 0.4) is 0 Å². The fourth-order valence-electron chi connectivity index (χ4n) is 4.44. The van der Waals surface area contributed by atoms with Crippen molar-refractivity contribution in [2.45, 2.75) is 12.8 Å². The van der Waals surface area contributed by atoms with E-state index in [4.69, 9.17) is 0 Å². The zero-order valence-electron chi connectivity index (χ0n) is 14.4. The molecule has 26 heavy (non-hydrogen) atoms. The van der Waals surface area contributed by atoms with Crippen molar-refractivity contribution in [3.8, 4) is 5.69 Å². The molecule has 0 amide bonds. The monoisotopic (exact) mass is 334 g/mol. The van der Waals surface area contributed by atoms with E-state index < -0.39 is 0 Å². The van der Waals surface area contributed by atoms with E-state index >= 15 is 0 Å². The van der Waals surface area contributed by atoms with E-state index in [2.05, 4.69) is 88.4 Å². The first kappa shape index (κ1) is 14.0. The van der Waals surface area contributed by atoms with Crippen molar-refractivity contribution in [2.24, 2.45) is 0 Å². The van der Waals surface area contributed by atoms with Gasteiger partial charge in [0.2, 0.25) is 0 Å². The molecule has 0 spiro atoms. The summed E-state index contributed by atoms with van der Waals surface area (Å²) < 4.78 is 2.40. The van der Waals surface area contributed by atoms with Gasteiger partial charge in [-0.05, 0) is 31.0 Å². The Balaban J connectivity index is 1.92. The van der Waals surface area contributed by atoms with Crippen molar-refractivity contribution in [1.82, 2.24) is 9.55 Å². The van der Waals surface area contributed by atoms with Gasteiger partial charge in [-0.15, -0.1) is 0 Å². The first-order valence-electron chi connectivity index (χ1n) is 9.21. The fourth-order valence-corrected chi connectivity index (χ4v) is 4.44. The second-order valence-corrected chi connectivity index (χ2v) is 7.01. The number of aromatic amines is 1. The number of hydrogen-bond donors (Lipinski definition) is 1. The molecule has 2 heteroatoms. The first-order chi connectivity index (χ1) is 12.9. The molecule has 0 bridgehead atoms. The summed E-state index contributed by atoms with van der Waals surface area (Å²) >= 11 is 0. The predicted octanol–water partition coefficient (Wildman–Crippen LogP) is 4.62. The lowest BCUT2D eigenvalue weighted by atomic mass is 10.1. The van der Waals surface area contributed by atoms with Crippen molar-refractivity contribution >= 4 is 44.9 Å². The molecule has 1 aliphatic rings. The Bertz CT molecular complexity index is 1420. The van der Waals surface area contributed by atoms with Gasteiger partial charge in [-0.1, -0.05) is 60.7 Å². The number of benzene rings is 3. The van der Waals surface area contributed by atoms with E-state index in [1.54, 1.807) is 0 Å². The van der Waals surface area contributed by atoms with Gasteiger partial charge in [-0.3, -0.25) is 0 Å². The Labute approximate surface area is 150 Å². The maximum absolute atomic E-state index is 3.72. The third kappa shape index (κ3) is 1.76. The number of para-hydroxylation sites is 2. The highest BCUT2D eigenvalue weighted by Gasteiger charge is 2.16. The van der Waals surface area contributed by atoms with Crippen LogP contribution in [0.5, 0.6) is 0 Å². The van der Waals surface area contributed by atoms with Crippen LogP contribution in [-0.4, -0.2) is 9.55 Å². The van der Waals surface area contributed by atoms with Crippen LogP contribution in [-0.2, 0) is 0 Å². The number of aromatic nitrogens is 2. The Morgan fingerprint density at radius 3 is 2.38 bits per heavy atom. The fraction of sp³-hybridized carbons (Fsp3) is 0.0833. The summed E-state index contributed by atoms with van der Waals surface area (Å²) in [5.74, 6) is 0. The number of hydrogen-bond acceptors (Lipinski definition) is 0. The molecular weight excluding hydrogens is 316 g/mol. The van der Waals surface area contributed by atoms with Gasteiger partial charge >= 0.3 is 0 Å². The summed E-state index contributed by atoms with van der Waals surface area (Å²) in [6.45, 7) is 0. The van der Waals surface area contributed by atoms with Crippen molar-refractivity contribution in [1.29, 1.82) is 0 Å². The number of H-pyrrole nitrogens is 1. The summed E-state index contributed by atoms with van der Waals surface area (Å²) in [6.07, 6.45) is 6.94. The molecule has 1 aliphatic carbocycles. The Kier molecular flexibility index (Phi) is 2.75. The Morgan fingerprint density at radius 1 is 0.692 bits per heavy atom. The highest BCUT2D eigenvalue weighted by Crippen LogP contribution is 2.34. The standard InChI is InChI=1S/C24H18N2/c1-2-8-16(9-3-1)26-22-13-7-5-11-18(22)20-15-14-19-17-10-4-6-12-21(17)25-23(19)24(20)26/h1-3,5,7-15,25H,4,6H2. The quantitative estimate of drug-likeness (QED) is 0.462. The smallest absolute Gasteiger partial charge is 0.0783 e. The lowest BCUT2D eigenvalue weighted by Crippen LogP contribution is -2.24. The molecular formula is C24H18N2. The van der Waals surface area contributed by atoms with Gasteiger partial charge in [-0.2, -0.15) is 0 Å². The van der Waals surface area contributed by atoms with Crippen LogP contribution in [0, 0.1) is 0 Å². The maximum atomic E-state index is 3.72. The zero-order chi connectivity index (χ0) is 17.1. The molecule has 0 radical (unpaired) electrons. The SMILES string of the molecule is C1=c2[nH]c3c(ccc4c5ccccc5n(-c5ccccc5)c43)c2=CCC1. The van der Waals surface area contributed by atoms with Crippen LogP contribution in [0.15, 0.2) is 66.7 Å². The van der Waals surface area contributed by atoms with Crippen molar-refractivity contribution in [3.05, 3.63) is 77.3 Å². The molecule has 2 heterocycles. The van der Waals surface area contributed by atoms with E-state index in [0.29, 0.717) is 0 Å². The van der Waals surface area contributed by atoms with Gasteiger partial charge in [-0.25, -0.2) is 0 Å². The maximum Gasteiger partial charge on any atom is 0.0783 e. The molecule has 0 fully saturated rings. The van der Waals surface area contributed by atoms with Crippen LogP contribution in [0.4, 0.5) is 0 Å². The van der Waals surface area contributed by atoms with E-state index in [1.165, 1.54) is 49.0 Å². The van der Waals surface area contributed by atoms with E-state index in [0.717, 1.165) is 12.8 Å². The third-order valence-electron chi connectivity index (χ3n) is 5.55. The van der Waals surface area contributed by atoms with Crippen LogP contribution in [0.1, 0.15) is 12.8 Å². The van der Waals surface area contributed by atoms with Crippen molar-refractivity contribution < 1.29 is 0 Å².